The SMILES string of the molecule is CCN(CC)CCN(Cc1ccc(-c2ccc(C(F)(F)F)cc2)cc1)C(C=O)n1cc(SC)c(=O)nc1SCc1ccc(F)cc1. The second-order valence-electron chi connectivity index (χ2n) is 10.5. The number of alkyl halides is 3. The molecule has 1 unspecified atom stereocenters. The molecule has 12 heteroatoms. The van der Waals surface area contributed by atoms with Gasteiger partial charge in [0.15, 0.2) is 11.4 Å². The zero-order chi connectivity index (χ0) is 33.3. The van der Waals surface area contributed by atoms with Crippen LogP contribution in [0, 0.1) is 5.82 Å². The van der Waals surface area contributed by atoms with Crippen LogP contribution in [-0.4, -0.2) is 58.1 Å². The molecule has 1 atom stereocenters. The number of likely N-dealkylation sites (N-methyl/N-ethyl adjacent to an activating group) is 1. The van der Waals surface area contributed by atoms with Gasteiger partial charge < -0.3 is 9.47 Å². The minimum Gasteiger partial charge on any atom is -0.303 e. The molecule has 0 fully saturated rings. The van der Waals surface area contributed by atoms with E-state index in [1.54, 1.807) is 29.2 Å². The Hall–Kier alpha value is -3.45. The summed E-state index contributed by atoms with van der Waals surface area (Å²) in [4.78, 5) is 34.7. The molecule has 0 radical (unpaired) electrons. The van der Waals surface area contributed by atoms with Gasteiger partial charge in [-0.2, -0.15) is 18.2 Å². The van der Waals surface area contributed by atoms with Gasteiger partial charge in [0.05, 0.1) is 10.5 Å². The van der Waals surface area contributed by atoms with Crippen LogP contribution in [0.1, 0.15) is 36.7 Å². The van der Waals surface area contributed by atoms with Gasteiger partial charge in [-0.25, -0.2) is 4.39 Å². The Balaban J connectivity index is 1.65. The van der Waals surface area contributed by atoms with Crippen LogP contribution in [0.5, 0.6) is 0 Å². The Bertz CT molecular complexity index is 1630. The van der Waals surface area contributed by atoms with Gasteiger partial charge in [0.2, 0.25) is 0 Å². The van der Waals surface area contributed by atoms with Crippen LogP contribution < -0.4 is 5.56 Å². The Morgan fingerprint density at radius 1 is 0.891 bits per heavy atom. The van der Waals surface area contributed by atoms with Gasteiger partial charge in [-0.05, 0) is 65.9 Å². The van der Waals surface area contributed by atoms with E-state index in [-0.39, 0.29) is 11.4 Å². The quantitative estimate of drug-likeness (QED) is 0.0558. The van der Waals surface area contributed by atoms with Crippen molar-refractivity contribution in [3.63, 3.8) is 0 Å². The molecule has 0 saturated carbocycles. The number of benzene rings is 3. The molecule has 0 spiro atoms. The van der Waals surface area contributed by atoms with E-state index >= 15 is 0 Å². The summed E-state index contributed by atoms with van der Waals surface area (Å²) in [5.41, 5.74) is 2.09. The number of carbonyl (C=O) groups is 1. The van der Waals surface area contributed by atoms with Crippen molar-refractivity contribution in [2.75, 3.05) is 32.4 Å². The van der Waals surface area contributed by atoms with E-state index < -0.39 is 17.9 Å². The van der Waals surface area contributed by atoms with E-state index in [0.29, 0.717) is 41.0 Å². The largest absolute Gasteiger partial charge is 0.416 e. The van der Waals surface area contributed by atoms with Crippen molar-refractivity contribution in [3.05, 3.63) is 112 Å². The third-order valence-electron chi connectivity index (χ3n) is 7.65. The summed E-state index contributed by atoms with van der Waals surface area (Å²) in [6.45, 7) is 7.45. The molecule has 4 rings (SSSR count). The van der Waals surface area contributed by atoms with Crippen LogP contribution >= 0.6 is 23.5 Å². The number of rotatable bonds is 15. The summed E-state index contributed by atoms with van der Waals surface area (Å²) in [5.74, 6) is 0.0762. The average Bonchev–Trinajstić information content (AvgIpc) is 3.05. The summed E-state index contributed by atoms with van der Waals surface area (Å²) in [6, 6.07) is 18.6. The zero-order valence-electron chi connectivity index (χ0n) is 25.8. The van der Waals surface area contributed by atoms with Crippen molar-refractivity contribution < 1.29 is 22.4 Å². The predicted molar refractivity (Wildman–Crippen MR) is 176 cm³/mol. The first-order chi connectivity index (χ1) is 22.1. The van der Waals surface area contributed by atoms with Gasteiger partial charge in [-0.1, -0.05) is 74.1 Å². The maximum Gasteiger partial charge on any atom is 0.416 e. The molecule has 0 saturated heterocycles. The van der Waals surface area contributed by atoms with Crippen LogP contribution in [0.2, 0.25) is 0 Å². The van der Waals surface area contributed by atoms with Crippen LogP contribution in [0.3, 0.4) is 0 Å². The number of hydrogen-bond acceptors (Lipinski definition) is 7. The Labute approximate surface area is 274 Å². The van der Waals surface area contributed by atoms with E-state index in [1.165, 1.54) is 47.8 Å². The highest BCUT2D eigenvalue weighted by Crippen LogP contribution is 2.31. The molecule has 0 N–H and O–H groups in total. The van der Waals surface area contributed by atoms with Crippen molar-refractivity contribution in [1.82, 2.24) is 19.4 Å². The number of hydrogen-bond donors (Lipinski definition) is 0. The van der Waals surface area contributed by atoms with Crippen LogP contribution in [0.15, 0.2) is 93.8 Å². The van der Waals surface area contributed by atoms with E-state index in [9.17, 15) is 27.2 Å². The molecule has 4 aromatic rings. The third-order valence-corrected chi connectivity index (χ3v) is 9.41. The summed E-state index contributed by atoms with van der Waals surface area (Å²) in [6.07, 6.45) is -0.898. The molecule has 6 nitrogen and oxygen atoms in total. The van der Waals surface area contributed by atoms with Crippen molar-refractivity contribution in [3.8, 4) is 11.1 Å². The molecule has 0 aliphatic carbocycles. The smallest absolute Gasteiger partial charge is 0.303 e. The normalized spacial score (nSPS) is 12.5. The van der Waals surface area contributed by atoms with Crippen molar-refractivity contribution in [1.29, 1.82) is 0 Å². The summed E-state index contributed by atoms with van der Waals surface area (Å²) in [7, 11) is 0. The summed E-state index contributed by atoms with van der Waals surface area (Å²) >= 11 is 2.55. The molecule has 0 aliphatic heterocycles. The Morgan fingerprint density at radius 2 is 1.48 bits per heavy atom. The van der Waals surface area contributed by atoms with E-state index in [1.807, 2.05) is 29.2 Å². The number of thioether (sulfide) groups is 2. The van der Waals surface area contributed by atoms with Crippen LogP contribution in [0.4, 0.5) is 17.6 Å². The van der Waals surface area contributed by atoms with Gasteiger partial charge in [0.1, 0.15) is 12.0 Å². The molecule has 1 heterocycles. The highest BCUT2D eigenvalue weighted by Gasteiger charge is 2.30. The first-order valence-electron chi connectivity index (χ1n) is 14.8. The third kappa shape index (κ3) is 9.31. The molecule has 1 aromatic heterocycles. The van der Waals surface area contributed by atoms with Gasteiger partial charge in [-0.3, -0.25) is 14.5 Å². The zero-order valence-corrected chi connectivity index (χ0v) is 27.5. The van der Waals surface area contributed by atoms with Crippen molar-refractivity contribution >= 4 is 29.8 Å². The standard InChI is InChI=1S/C34H36F4N4O2S2/c1-4-40(5-2)18-19-41(20-24-6-10-26(11-7-24)27-12-14-28(15-13-27)34(36,37)38)31(22-43)42-21-30(45-3)32(44)39-33(42)46-23-25-8-16-29(35)17-9-25/h6-17,21-22,31H,4-5,18-20,23H2,1-3H3. The number of nitrogens with zero attached hydrogens (tertiary/aromatic N) is 4. The molecular weight excluding hydrogens is 637 g/mol. The lowest BCUT2D eigenvalue weighted by Crippen LogP contribution is -2.40. The lowest BCUT2D eigenvalue weighted by molar-refractivity contribution is -0.137. The number of aldehydes is 1. The highest BCUT2D eigenvalue weighted by atomic mass is 32.2. The van der Waals surface area contributed by atoms with Gasteiger partial charge in [0.25, 0.3) is 5.56 Å². The second kappa shape index (κ2) is 16.4. The van der Waals surface area contributed by atoms with E-state index in [2.05, 4.69) is 23.7 Å². The maximum atomic E-state index is 13.5. The first-order valence-corrected chi connectivity index (χ1v) is 17.0. The lowest BCUT2D eigenvalue weighted by atomic mass is 10.0. The molecular formula is C34H36F4N4O2S2. The fraction of sp³-hybridized carbons (Fsp3) is 0.324. The molecule has 3 aromatic carbocycles. The van der Waals surface area contributed by atoms with Crippen LogP contribution in [-0.2, 0) is 23.3 Å². The lowest BCUT2D eigenvalue weighted by Gasteiger charge is -2.33. The summed E-state index contributed by atoms with van der Waals surface area (Å²) < 4.78 is 54.3. The molecule has 0 aliphatic rings. The summed E-state index contributed by atoms with van der Waals surface area (Å²) in [5, 5.41) is 0.370. The first kappa shape index (κ1) is 35.4. The number of halogens is 4. The predicted octanol–water partition coefficient (Wildman–Crippen LogP) is 7.62. The highest BCUT2D eigenvalue weighted by molar-refractivity contribution is 7.98. The van der Waals surface area contributed by atoms with Crippen molar-refractivity contribution in [2.45, 2.75) is 48.5 Å². The monoisotopic (exact) mass is 672 g/mol. The second-order valence-corrected chi connectivity index (χ2v) is 12.3. The van der Waals surface area contributed by atoms with E-state index in [4.69, 9.17) is 0 Å². The maximum absolute atomic E-state index is 13.5. The number of aromatic nitrogens is 2. The fourth-order valence-electron chi connectivity index (χ4n) is 4.93. The fourth-order valence-corrected chi connectivity index (χ4v) is 6.32. The van der Waals surface area contributed by atoms with E-state index in [0.717, 1.165) is 48.2 Å². The topological polar surface area (TPSA) is 58.4 Å². The van der Waals surface area contributed by atoms with Gasteiger partial charge >= 0.3 is 6.18 Å². The van der Waals surface area contributed by atoms with Crippen molar-refractivity contribution in [2.24, 2.45) is 0 Å². The van der Waals surface area contributed by atoms with Gasteiger partial charge in [-0.15, -0.1) is 11.8 Å². The minimum atomic E-state index is -4.40. The number of carbonyl (C=O) groups excluding carboxylic acids is 1. The Morgan fingerprint density at radius 3 is 2.02 bits per heavy atom. The molecule has 46 heavy (non-hydrogen) atoms. The molecule has 0 bridgehead atoms. The Kier molecular flexibility index (Phi) is 12.6. The van der Waals surface area contributed by atoms with Gasteiger partial charge in [0, 0.05) is 31.6 Å². The van der Waals surface area contributed by atoms with Crippen LogP contribution in [0.25, 0.3) is 11.1 Å². The average molecular weight is 673 g/mol. The molecule has 244 valence electrons. The minimum absolute atomic E-state index is 0.342. The molecule has 0 amide bonds.